The van der Waals surface area contributed by atoms with Gasteiger partial charge in [0.15, 0.2) is 6.61 Å². The van der Waals surface area contributed by atoms with Crippen LogP contribution in [-0.4, -0.2) is 35.9 Å². The van der Waals surface area contributed by atoms with Gasteiger partial charge in [-0.3, -0.25) is 9.59 Å². The lowest BCUT2D eigenvalue weighted by Gasteiger charge is -2.30. The molecule has 32 heavy (non-hydrogen) atoms. The molecular weight excluding hydrogens is 492 g/mol. The number of hydrogen-bond donors (Lipinski definition) is 1. The van der Waals surface area contributed by atoms with Gasteiger partial charge in [0.2, 0.25) is 5.91 Å². The van der Waals surface area contributed by atoms with Crippen LogP contribution >= 0.6 is 27.5 Å². The summed E-state index contributed by atoms with van der Waals surface area (Å²) in [6.45, 7) is 8.85. The molecule has 0 aromatic heterocycles. The molecule has 2 rings (SSSR count). The SMILES string of the molecule is CCCNC(=O)C(CC)N(Cc1ccc(Cl)cc1)C(=O)COc1ccc(C(C)C)cc1Br. The van der Waals surface area contributed by atoms with Crippen LogP contribution < -0.4 is 10.1 Å². The topological polar surface area (TPSA) is 58.6 Å². The fraction of sp³-hybridized carbons (Fsp3) is 0.440. The molecule has 0 aliphatic carbocycles. The first kappa shape index (κ1) is 26.2. The molecule has 0 saturated carbocycles. The Labute approximate surface area is 204 Å². The van der Waals surface area contributed by atoms with E-state index in [0.717, 1.165) is 16.5 Å². The Morgan fingerprint density at radius 1 is 1.12 bits per heavy atom. The van der Waals surface area contributed by atoms with Crippen molar-refractivity contribution in [1.29, 1.82) is 0 Å². The van der Waals surface area contributed by atoms with Crippen LogP contribution in [0.5, 0.6) is 5.75 Å². The van der Waals surface area contributed by atoms with Gasteiger partial charge in [0, 0.05) is 18.1 Å². The van der Waals surface area contributed by atoms with Gasteiger partial charge in [-0.15, -0.1) is 0 Å². The van der Waals surface area contributed by atoms with Crippen LogP contribution in [0.4, 0.5) is 0 Å². The van der Waals surface area contributed by atoms with E-state index in [-0.39, 0.29) is 18.4 Å². The lowest BCUT2D eigenvalue weighted by Crippen LogP contribution is -2.50. The van der Waals surface area contributed by atoms with E-state index in [1.807, 2.05) is 44.2 Å². The molecule has 2 amide bonds. The largest absolute Gasteiger partial charge is 0.483 e. The molecule has 1 N–H and O–H groups in total. The molecule has 0 aliphatic rings. The van der Waals surface area contributed by atoms with Crippen LogP contribution in [-0.2, 0) is 16.1 Å². The van der Waals surface area contributed by atoms with Crippen molar-refractivity contribution in [1.82, 2.24) is 10.2 Å². The first-order chi connectivity index (χ1) is 15.3. The maximum Gasteiger partial charge on any atom is 0.261 e. The Balaban J connectivity index is 2.20. The highest BCUT2D eigenvalue weighted by molar-refractivity contribution is 9.10. The average Bonchev–Trinajstić information content (AvgIpc) is 2.77. The second-order valence-electron chi connectivity index (χ2n) is 8.00. The lowest BCUT2D eigenvalue weighted by molar-refractivity contribution is -0.143. The summed E-state index contributed by atoms with van der Waals surface area (Å²) in [5.74, 6) is 0.582. The number of carbonyl (C=O) groups is 2. The fourth-order valence-electron chi connectivity index (χ4n) is 3.29. The number of halogens is 2. The predicted octanol–water partition coefficient (Wildman–Crippen LogP) is 5.94. The van der Waals surface area contributed by atoms with E-state index in [4.69, 9.17) is 16.3 Å². The van der Waals surface area contributed by atoms with E-state index in [0.29, 0.717) is 36.2 Å². The van der Waals surface area contributed by atoms with E-state index < -0.39 is 6.04 Å². The zero-order valence-corrected chi connectivity index (χ0v) is 21.5. The molecule has 0 aliphatic heterocycles. The van der Waals surface area contributed by atoms with Gasteiger partial charge in [-0.2, -0.15) is 0 Å². The Morgan fingerprint density at radius 2 is 1.81 bits per heavy atom. The van der Waals surface area contributed by atoms with Gasteiger partial charge < -0.3 is 15.0 Å². The highest BCUT2D eigenvalue weighted by Gasteiger charge is 2.29. The number of nitrogens with zero attached hydrogens (tertiary/aromatic N) is 1. The van der Waals surface area contributed by atoms with Crippen molar-refractivity contribution >= 4 is 39.3 Å². The fourth-order valence-corrected chi connectivity index (χ4v) is 3.92. The molecule has 1 atom stereocenters. The molecule has 0 heterocycles. The minimum Gasteiger partial charge on any atom is -0.483 e. The monoisotopic (exact) mass is 522 g/mol. The number of benzene rings is 2. The molecule has 7 heteroatoms. The Kier molecular flexibility index (Phi) is 10.5. The Morgan fingerprint density at radius 3 is 2.38 bits per heavy atom. The Bertz CT molecular complexity index is 903. The highest BCUT2D eigenvalue weighted by atomic mass is 79.9. The number of amides is 2. The third kappa shape index (κ3) is 7.52. The highest BCUT2D eigenvalue weighted by Crippen LogP contribution is 2.29. The van der Waals surface area contributed by atoms with Gasteiger partial charge in [-0.1, -0.05) is 57.5 Å². The first-order valence-electron chi connectivity index (χ1n) is 11.0. The van der Waals surface area contributed by atoms with Gasteiger partial charge in [0.1, 0.15) is 11.8 Å². The summed E-state index contributed by atoms with van der Waals surface area (Å²) in [6.07, 6.45) is 1.33. The predicted molar refractivity (Wildman–Crippen MR) is 133 cm³/mol. The van der Waals surface area contributed by atoms with E-state index in [1.54, 1.807) is 17.0 Å². The van der Waals surface area contributed by atoms with Crippen LogP contribution in [0.2, 0.25) is 5.02 Å². The van der Waals surface area contributed by atoms with Crippen molar-refractivity contribution in [2.75, 3.05) is 13.2 Å². The molecule has 2 aromatic carbocycles. The number of rotatable bonds is 11. The van der Waals surface area contributed by atoms with Gasteiger partial charge >= 0.3 is 0 Å². The second-order valence-corrected chi connectivity index (χ2v) is 9.29. The molecule has 0 fully saturated rings. The van der Waals surface area contributed by atoms with E-state index in [2.05, 4.69) is 35.1 Å². The van der Waals surface area contributed by atoms with Crippen molar-refractivity contribution in [2.24, 2.45) is 0 Å². The summed E-state index contributed by atoms with van der Waals surface area (Å²) >= 11 is 9.53. The lowest BCUT2D eigenvalue weighted by atomic mass is 10.0. The number of carbonyl (C=O) groups excluding carboxylic acids is 2. The summed E-state index contributed by atoms with van der Waals surface area (Å²) in [5.41, 5.74) is 2.07. The zero-order valence-electron chi connectivity index (χ0n) is 19.2. The van der Waals surface area contributed by atoms with Crippen LogP contribution in [0.15, 0.2) is 46.9 Å². The molecule has 0 saturated heterocycles. The van der Waals surface area contributed by atoms with Crippen LogP contribution in [0.1, 0.15) is 57.6 Å². The third-order valence-corrected chi connectivity index (χ3v) is 6.05. The smallest absolute Gasteiger partial charge is 0.261 e. The van der Waals surface area contributed by atoms with E-state index in [1.165, 1.54) is 5.56 Å². The van der Waals surface area contributed by atoms with Gasteiger partial charge in [0.25, 0.3) is 5.91 Å². The number of nitrogens with one attached hydrogen (secondary N) is 1. The van der Waals surface area contributed by atoms with Crippen LogP contribution in [0, 0.1) is 0 Å². The molecule has 174 valence electrons. The minimum absolute atomic E-state index is 0.154. The van der Waals surface area contributed by atoms with Crippen molar-refractivity contribution in [3.05, 3.63) is 63.1 Å². The summed E-state index contributed by atoms with van der Waals surface area (Å²) in [7, 11) is 0. The molecule has 0 bridgehead atoms. The van der Waals surface area contributed by atoms with Crippen molar-refractivity contribution < 1.29 is 14.3 Å². The summed E-state index contributed by atoms with van der Waals surface area (Å²) < 4.78 is 6.64. The second kappa shape index (κ2) is 12.9. The molecule has 2 aromatic rings. The quantitative estimate of drug-likeness (QED) is 0.397. The van der Waals surface area contributed by atoms with E-state index >= 15 is 0 Å². The molecule has 5 nitrogen and oxygen atoms in total. The number of ether oxygens (including phenoxy) is 1. The van der Waals surface area contributed by atoms with Gasteiger partial charge in [0.05, 0.1) is 4.47 Å². The maximum absolute atomic E-state index is 13.2. The summed E-state index contributed by atoms with van der Waals surface area (Å²) in [6, 6.07) is 12.6. The normalized spacial score (nSPS) is 11.8. The van der Waals surface area contributed by atoms with Gasteiger partial charge in [-0.05, 0) is 70.1 Å². The summed E-state index contributed by atoms with van der Waals surface area (Å²) in [4.78, 5) is 27.6. The number of hydrogen-bond acceptors (Lipinski definition) is 3. The molecular formula is C25H32BrClN2O3. The third-order valence-electron chi connectivity index (χ3n) is 5.18. The molecule has 1 unspecified atom stereocenters. The van der Waals surface area contributed by atoms with E-state index in [9.17, 15) is 9.59 Å². The average molecular weight is 524 g/mol. The molecule has 0 spiro atoms. The van der Waals surface area contributed by atoms with Gasteiger partial charge in [-0.25, -0.2) is 0 Å². The molecule has 0 radical (unpaired) electrons. The maximum atomic E-state index is 13.2. The van der Waals surface area contributed by atoms with Crippen molar-refractivity contribution in [3.8, 4) is 5.75 Å². The standard InChI is InChI=1S/C25H32BrClN2O3/c1-5-13-28-25(31)22(6-2)29(15-18-7-10-20(27)11-8-18)24(30)16-32-23-12-9-19(17(3)4)14-21(23)26/h7-12,14,17,22H,5-6,13,15-16H2,1-4H3,(H,28,31). The zero-order chi connectivity index (χ0) is 23.7. The summed E-state index contributed by atoms with van der Waals surface area (Å²) in [5, 5.41) is 3.53. The van der Waals surface area contributed by atoms with Crippen molar-refractivity contribution in [2.45, 2.75) is 59.0 Å². The minimum atomic E-state index is -0.583. The van der Waals surface area contributed by atoms with Crippen LogP contribution in [0.25, 0.3) is 0 Å². The van der Waals surface area contributed by atoms with Crippen molar-refractivity contribution in [3.63, 3.8) is 0 Å². The first-order valence-corrected chi connectivity index (χ1v) is 12.2. The Hall–Kier alpha value is -2.05. The van der Waals surface area contributed by atoms with Crippen LogP contribution in [0.3, 0.4) is 0 Å².